The Kier molecular flexibility index (Phi) is 10.4. The number of aromatic hydroxyl groups is 1. The summed E-state index contributed by atoms with van der Waals surface area (Å²) in [5.41, 5.74) is 1.06. The van der Waals surface area contributed by atoms with Crippen LogP contribution < -0.4 is 5.32 Å². The first-order chi connectivity index (χ1) is 15.4. The summed E-state index contributed by atoms with van der Waals surface area (Å²) in [5, 5.41) is 33.6. The molecule has 0 fully saturated rings. The third kappa shape index (κ3) is 9.92. The van der Waals surface area contributed by atoms with Crippen molar-refractivity contribution in [3.63, 3.8) is 0 Å². The molecule has 0 spiro atoms. The van der Waals surface area contributed by atoms with Crippen LogP contribution in [0.3, 0.4) is 0 Å². The Morgan fingerprint density at radius 1 is 1.03 bits per heavy atom. The van der Waals surface area contributed by atoms with Crippen molar-refractivity contribution in [1.82, 2.24) is 5.32 Å². The van der Waals surface area contributed by atoms with Gasteiger partial charge in [0, 0.05) is 0 Å². The zero-order valence-electron chi connectivity index (χ0n) is 22.3. The lowest BCUT2D eigenvalue weighted by Gasteiger charge is -2.32. The monoisotopic (exact) mass is 479 g/mol. The molecule has 1 unspecified atom stereocenters. The van der Waals surface area contributed by atoms with Gasteiger partial charge in [0.15, 0.2) is 0 Å². The normalized spacial score (nSPS) is 16.0. The molecule has 0 saturated carbocycles. The van der Waals surface area contributed by atoms with Crippen molar-refractivity contribution in [1.29, 1.82) is 0 Å². The largest absolute Gasteiger partial charge is 0.508 e. The number of carbonyl (C=O) groups is 2. The standard InChI is InChI=1S/C27H45NO6/c1-16(2)19(13-18-10-11-20(15-22(18)29)26(4,5)6)14-21(23(30)12-17(3)24(31)32)28-25(33)34-27(7,8)9/h10-11,15-17,19,21,23,29-30H,12-14H2,1-9H3,(H,28,33)(H,31,32)/t17?,19-,21-,23-/m0/s1. The van der Waals surface area contributed by atoms with Gasteiger partial charge in [-0.15, -0.1) is 0 Å². The first kappa shape index (κ1) is 29.8. The van der Waals surface area contributed by atoms with Crippen LogP contribution in [0.4, 0.5) is 4.79 Å². The van der Waals surface area contributed by atoms with Crippen LogP contribution in [0.2, 0.25) is 0 Å². The van der Waals surface area contributed by atoms with Crippen LogP contribution in [0, 0.1) is 17.8 Å². The fourth-order valence-corrected chi connectivity index (χ4v) is 3.80. The zero-order chi connectivity index (χ0) is 26.4. The number of aliphatic hydroxyl groups is 1. The number of ether oxygens (including phenoxy) is 1. The number of carboxylic acid groups (broad SMARTS) is 1. The molecular weight excluding hydrogens is 434 g/mol. The summed E-state index contributed by atoms with van der Waals surface area (Å²) in [6.45, 7) is 17.2. The Morgan fingerprint density at radius 3 is 2.06 bits per heavy atom. The van der Waals surface area contributed by atoms with Gasteiger partial charge in [-0.05, 0) is 74.5 Å². The second-order valence-corrected chi connectivity index (χ2v) is 11.8. The van der Waals surface area contributed by atoms with Gasteiger partial charge in [-0.3, -0.25) is 4.79 Å². The minimum absolute atomic E-state index is 0.00609. The van der Waals surface area contributed by atoms with Crippen molar-refractivity contribution >= 4 is 12.1 Å². The number of aliphatic carboxylic acids is 1. The molecule has 1 rings (SSSR count). The van der Waals surface area contributed by atoms with Crippen LogP contribution in [0.1, 0.15) is 86.3 Å². The fourth-order valence-electron chi connectivity index (χ4n) is 3.80. The number of nitrogens with one attached hydrogen (secondary N) is 1. The summed E-state index contributed by atoms with van der Waals surface area (Å²) >= 11 is 0. The van der Waals surface area contributed by atoms with E-state index in [4.69, 9.17) is 4.74 Å². The predicted octanol–water partition coefficient (Wildman–Crippen LogP) is 5.26. The van der Waals surface area contributed by atoms with Crippen LogP contribution in [0.5, 0.6) is 5.75 Å². The molecule has 4 atom stereocenters. The van der Waals surface area contributed by atoms with Gasteiger partial charge < -0.3 is 25.4 Å². The quantitative estimate of drug-likeness (QED) is 0.364. The highest BCUT2D eigenvalue weighted by atomic mass is 16.6. The van der Waals surface area contributed by atoms with Crippen molar-refractivity contribution in [3.05, 3.63) is 29.3 Å². The minimum atomic E-state index is -1.06. The van der Waals surface area contributed by atoms with E-state index in [0.29, 0.717) is 12.8 Å². The minimum Gasteiger partial charge on any atom is -0.508 e. The molecule has 0 aliphatic rings. The number of amides is 1. The zero-order valence-corrected chi connectivity index (χ0v) is 22.3. The molecule has 0 saturated heterocycles. The fraction of sp³-hybridized carbons (Fsp3) is 0.704. The third-order valence-electron chi connectivity index (χ3n) is 6.12. The molecule has 7 heteroatoms. The number of hydrogen-bond acceptors (Lipinski definition) is 5. The number of benzene rings is 1. The first-order valence-corrected chi connectivity index (χ1v) is 12.1. The molecule has 4 N–H and O–H groups in total. The van der Waals surface area contributed by atoms with E-state index in [1.54, 1.807) is 26.8 Å². The van der Waals surface area contributed by atoms with Crippen LogP contribution in [0.25, 0.3) is 0 Å². The molecule has 0 aliphatic carbocycles. The van der Waals surface area contributed by atoms with Crippen molar-refractivity contribution in [2.75, 3.05) is 0 Å². The average Bonchev–Trinajstić information content (AvgIpc) is 2.65. The van der Waals surface area contributed by atoms with E-state index in [1.807, 2.05) is 12.1 Å². The molecule has 0 bridgehead atoms. The van der Waals surface area contributed by atoms with Crippen molar-refractivity contribution < 1.29 is 29.6 Å². The van der Waals surface area contributed by atoms with E-state index in [1.165, 1.54) is 6.92 Å². The Balaban J connectivity index is 3.13. The van der Waals surface area contributed by atoms with Gasteiger partial charge in [0.25, 0.3) is 0 Å². The molecule has 1 amide bonds. The van der Waals surface area contributed by atoms with Crippen LogP contribution in [0.15, 0.2) is 18.2 Å². The van der Waals surface area contributed by atoms with Gasteiger partial charge in [-0.25, -0.2) is 4.79 Å². The number of aliphatic hydroxyl groups excluding tert-OH is 1. The molecule has 0 radical (unpaired) electrons. The predicted molar refractivity (Wildman–Crippen MR) is 134 cm³/mol. The number of carboxylic acids is 1. The molecule has 0 aromatic heterocycles. The van der Waals surface area contributed by atoms with E-state index in [0.717, 1.165) is 11.1 Å². The topological polar surface area (TPSA) is 116 Å². The SMILES string of the molecule is CC(C[C@H](O)[C@H](C[C@H](Cc1ccc(C(C)(C)C)cc1O)C(C)C)NC(=O)OC(C)(C)C)C(=O)O. The maximum Gasteiger partial charge on any atom is 0.407 e. The molecule has 0 heterocycles. The summed E-state index contributed by atoms with van der Waals surface area (Å²) in [7, 11) is 0. The molecular formula is C27H45NO6. The smallest absolute Gasteiger partial charge is 0.407 e. The van der Waals surface area contributed by atoms with Crippen molar-refractivity contribution in [3.8, 4) is 5.75 Å². The number of alkyl carbamates (subject to hydrolysis) is 1. The first-order valence-electron chi connectivity index (χ1n) is 12.1. The molecule has 1 aromatic carbocycles. The van der Waals surface area contributed by atoms with Gasteiger partial charge in [0.05, 0.1) is 18.1 Å². The number of carbonyl (C=O) groups excluding carboxylic acids is 1. The lowest BCUT2D eigenvalue weighted by molar-refractivity contribution is -0.142. The maximum atomic E-state index is 12.5. The third-order valence-corrected chi connectivity index (χ3v) is 6.12. The van der Waals surface area contributed by atoms with Gasteiger partial charge >= 0.3 is 12.1 Å². The number of rotatable bonds is 10. The summed E-state index contributed by atoms with van der Waals surface area (Å²) in [4.78, 5) is 23.8. The molecule has 194 valence electrons. The molecule has 0 aliphatic heterocycles. The number of hydrogen-bond donors (Lipinski definition) is 4. The van der Waals surface area contributed by atoms with Gasteiger partial charge in [0.2, 0.25) is 0 Å². The van der Waals surface area contributed by atoms with Crippen molar-refractivity contribution in [2.45, 2.75) is 105 Å². The van der Waals surface area contributed by atoms with E-state index >= 15 is 0 Å². The molecule has 1 aromatic rings. The number of phenols is 1. The summed E-state index contributed by atoms with van der Waals surface area (Å²) in [6.07, 6.45) is -0.741. The maximum absolute atomic E-state index is 12.5. The molecule has 34 heavy (non-hydrogen) atoms. The van der Waals surface area contributed by atoms with E-state index < -0.39 is 35.7 Å². The van der Waals surface area contributed by atoms with Gasteiger partial charge in [-0.2, -0.15) is 0 Å². The highest BCUT2D eigenvalue weighted by Crippen LogP contribution is 2.32. The van der Waals surface area contributed by atoms with Crippen LogP contribution >= 0.6 is 0 Å². The second-order valence-electron chi connectivity index (χ2n) is 11.8. The van der Waals surface area contributed by atoms with E-state index in [2.05, 4.69) is 39.9 Å². The van der Waals surface area contributed by atoms with Crippen molar-refractivity contribution in [2.24, 2.45) is 17.8 Å². The van der Waals surface area contributed by atoms with E-state index in [9.17, 15) is 24.9 Å². The Labute approximate surface area is 204 Å². The highest BCUT2D eigenvalue weighted by Gasteiger charge is 2.31. The summed E-state index contributed by atoms with van der Waals surface area (Å²) in [6, 6.07) is 5.06. The number of phenolic OH excluding ortho intramolecular Hbond substituents is 1. The van der Waals surface area contributed by atoms with Crippen LogP contribution in [-0.4, -0.2) is 45.1 Å². The summed E-state index contributed by atoms with van der Waals surface area (Å²) < 4.78 is 5.38. The van der Waals surface area contributed by atoms with E-state index in [-0.39, 0.29) is 29.4 Å². The lowest BCUT2D eigenvalue weighted by Crippen LogP contribution is -2.47. The second kappa shape index (κ2) is 11.9. The molecule has 7 nitrogen and oxygen atoms in total. The van der Waals surface area contributed by atoms with Gasteiger partial charge in [-0.1, -0.05) is 53.7 Å². The lowest BCUT2D eigenvalue weighted by atomic mass is 9.80. The van der Waals surface area contributed by atoms with Gasteiger partial charge in [0.1, 0.15) is 11.4 Å². The summed E-state index contributed by atoms with van der Waals surface area (Å²) in [5.74, 6) is -1.33. The Morgan fingerprint density at radius 2 is 1.62 bits per heavy atom. The highest BCUT2D eigenvalue weighted by molar-refractivity contribution is 5.70. The van der Waals surface area contributed by atoms with Crippen LogP contribution in [-0.2, 0) is 21.4 Å². The Bertz CT molecular complexity index is 821. The Hall–Kier alpha value is -2.28. The average molecular weight is 480 g/mol.